The molecule has 2 fully saturated rings. The van der Waals surface area contributed by atoms with Crippen LogP contribution >= 0.6 is 0 Å². The number of hydrogen-bond donors (Lipinski definition) is 0. The minimum absolute atomic E-state index is 0.00939. The van der Waals surface area contributed by atoms with Crippen LogP contribution in [0.3, 0.4) is 0 Å². The van der Waals surface area contributed by atoms with E-state index in [1.165, 1.54) is 6.92 Å². The standard InChI is InChI=1S/C23H36O5/c1-12(2)8-17-10-20(28-21(26)9-13(3)4)14(5)18-11-19(25)22(23(17)18)15(6)27-16(7)24/h12-13,15,17-18,20,22-23H,5,8-11H2,1-4,6-7H3/t15-,17-,18+,20-,22+,23+/m1/s1. The quantitative estimate of drug-likeness (QED) is 0.476. The van der Waals surface area contributed by atoms with Crippen molar-refractivity contribution in [3.63, 3.8) is 0 Å². The van der Waals surface area contributed by atoms with Gasteiger partial charge in [0, 0.05) is 19.8 Å². The lowest BCUT2D eigenvalue weighted by Crippen LogP contribution is -2.43. The van der Waals surface area contributed by atoms with Crippen molar-refractivity contribution >= 4 is 17.7 Å². The second-order valence-electron chi connectivity index (χ2n) is 9.47. The number of carbonyl (C=O) groups is 3. The van der Waals surface area contributed by atoms with Gasteiger partial charge in [-0.1, -0.05) is 34.3 Å². The van der Waals surface area contributed by atoms with E-state index in [9.17, 15) is 14.4 Å². The first-order chi connectivity index (χ1) is 13.0. The van der Waals surface area contributed by atoms with E-state index in [4.69, 9.17) is 9.47 Å². The molecule has 0 radical (unpaired) electrons. The van der Waals surface area contributed by atoms with Crippen LogP contribution in [0.25, 0.3) is 0 Å². The summed E-state index contributed by atoms with van der Waals surface area (Å²) in [5.74, 6) is 0.296. The molecule has 0 aromatic rings. The first-order valence-electron chi connectivity index (χ1n) is 10.6. The largest absolute Gasteiger partial charge is 0.462 e. The Morgan fingerprint density at radius 3 is 2.32 bits per heavy atom. The van der Waals surface area contributed by atoms with Gasteiger partial charge in [0.2, 0.25) is 0 Å². The minimum Gasteiger partial charge on any atom is -0.462 e. The van der Waals surface area contributed by atoms with Crippen LogP contribution in [0.1, 0.15) is 67.2 Å². The molecule has 0 bridgehead atoms. The molecule has 5 nitrogen and oxygen atoms in total. The molecular formula is C23H36O5. The smallest absolute Gasteiger partial charge is 0.306 e. The molecule has 28 heavy (non-hydrogen) atoms. The van der Waals surface area contributed by atoms with Crippen molar-refractivity contribution in [2.24, 2.45) is 35.5 Å². The van der Waals surface area contributed by atoms with Crippen LogP contribution < -0.4 is 0 Å². The fourth-order valence-electron chi connectivity index (χ4n) is 5.21. The SMILES string of the molecule is C=C1[C@H](OC(=O)CC(C)C)C[C@@H](CC(C)C)[C@@H]2[C@@H]([C@@H](C)OC(C)=O)C(=O)C[C@@H]12. The molecule has 2 saturated carbocycles. The molecule has 2 aliphatic carbocycles. The van der Waals surface area contributed by atoms with Crippen LogP contribution in [0.2, 0.25) is 0 Å². The summed E-state index contributed by atoms with van der Waals surface area (Å²) in [6.07, 6.45) is 1.65. The van der Waals surface area contributed by atoms with Gasteiger partial charge in [0.15, 0.2) is 0 Å². The highest BCUT2D eigenvalue weighted by Gasteiger charge is 2.54. The zero-order valence-electron chi connectivity index (χ0n) is 18.2. The van der Waals surface area contributed by atoms with Crippen molar-refractivity contribution in [3.8, 4) is 0 Å². The lowest BCUT2D eigenvalue weighted by atomic mass is 9.64. The Bertz CT molecular complexity index is 620. The van der Waals surface area contributed by atoms with Gasteiger partial charge in [-0.15, -0.1) is 0 Å². The van der Waals surface area contributed by atoms with Gasteiger partial charge in [0.1, 0.15) is 18.0 Å². The molecular weight excluding hydrogens is 356 g/mol. The van der Waals surface area contributed by atoms with Crippen LogP contribution in [-0.2, 0) is 23.9 Å². The number of rotatable bonds is 7. The summed E-state index contributed by atoms with van der Waals surface area (Å²) in [5.41, 5.74) is 0.855. The Morgan fingerprint density at radius 1 is 1.14 bits per heavy atom. The van der Waals surface area contributed by atoms with Crippen molar-refractivity contribution in [2.45, 2.75) is 79.4 Å². The van der Waals surface area contributed by atoms with Gasteiger partial charge < -0.3 is 9.47 Å². The summed E-state index contributed by atoms with van der Waals surface area (Å²) in [4.78, 5) is 36.6. The second-order valence-corrected chi connectivity index (χ2v) is 9.47. The highest BCUT2D eigenvalue weighted by Crippen LogP contribution is 2.53. The van der Waals surface area contributed by atoms with Gasteiger partial charge in [-0.3, -0.25) is 14.4 Å². The van der Waals surface area contributed by atoms with Crippen LogP contribution in [0, 0.1) is 35.5 Å². The van der Waals surface area contributed by atoms with Gasteiger partial charge >= 0.3 is 11.9 Å². The summed E-state index contributed by atoms with van der Waals surface area (Å²) in [5, 5.41) is 0. The lowest BCUT2D eigenvalue weighted by Gasteiger charge is -2.43. The monoisotopic (exact) mass is 392 g/mol. The van der Waals surface area contributed by atoms with Gasteiger partial charge in [-0.05, 0) is 54.9 Å². The van der Waals surface area contributed by atoms with E-state index in [0.29, 0.717) is 25.2 Å². The molecule has 0 aromatic carbocycles. The molecule has 0 heterocycles. The number of ketones is 1. The van der Waals surface area contributed by atoms with Crippen molar-refractivity contribution in [1.82, 2.24) is 0 Å². The third-order valence-corrected chi connectivity index (χ3v) is 6.10. The number of hydrogen-bond acceptors (Lipinski definition) is 5. The Hall–Kier alpha value is -1.65. The molecule has 0 aliphatic heterocycles. The molecule has 0 amide bonds. The highest BCUT2D eigenvalue weighted by molar-refractivity contribution is 5.85. The van der Waals surface area contributed by atoms with Gasteiger partial charge in [-0.2, -0.15) is 0 Å². The summed E-state index contributed by atoms with van der Waals surface area (Å²) >= 11 is 0. The molecule has 0 spiro atoms. The van der Waals surface area contributed by atoms with E-state index in [2.05, 4.69) is 20.4 Å². The van der Waals surface area contributed by atoms with E-state index >= 15 is 0 Å². The number of ether oxygens (including phenoxy) is 2. The van der Waals surface area contributed by atoms with Crippen molar-refractivity contribution < 1.29 is 23.9 Å². The zero-order valence-corrected chi connectivity index (χ0v) is 18.2. The molecule has 0 N–H and O–H groups in total. The third kappa shape index (κ3) is 5.24. The Morgan fingerprint density at radius 2 is 1.79 bits per heavy atom. The Balaban J connectivity index is 2.25. The van der Waals surface area contributed by atoms with Crippen molar-refractivity contribution in [1.29, 1.82) is 0 Å². The maximum atomic E-state index is 12.9. The molecule has 0 saturated heterocycles. The molecule has 5 heteroatoms. The number of Topliss-reactive ketones (excluding diaryl/α,β-unsaturated/α-hetero) is 1. The first kappa shape index (κ1) is 22.6. The zero-order chi connectivity index (χ0) is 21.2. The fourth-order valence-corrected chi connectivity index (χ4v) is 5.21. The second kappa shape index (κ2) is 9.23. The van der Waals surface area contributed by atoms with Crippen molar-refractivity contribution in [3.05, 3.63) is 12.2 Å². The maximum absolute atomic E-state index is 12.9. The average Bonchev–Trinajstić information content (AvgIpc) is 2.87. The number of carbonyl (C=O) groups excluding carboxylic acids is 3. The maximum Gasteiger partial charge on any atom is 0.306 e. The van der Waals surface area contributed by atoms with E-state index in [1.54, 1.807) is 0 Å². The summed E-state index contributed by atoms with van der Waals surface area (Å²) in [6.45, 7) is 15.7. The summed E-state index contributed by atoms with van der Waals surface area (Å²) < 4.78 is 11.2. The van der Waals surface area contributed by atoms with E-state index in [1.807, 2.05) is 20.8 Å². The highest BCUT2D eigenvalue weighted by atomic mass is 16.5. The van der Waals surface area contributed by atoms with Crippen molar-refractivity contribution in [2.75, 3.05) is 0 Å². The first-order valence-corrected chi connectivity index (χ1v) is 10.6. The van der Waals surface area contributed by atoms with Crippen LogP contribution in [0.15, 0.2) is 12.2 Å². The number of esters is 2. The Labute approximate surface area is 169 Å². The number of fused-ring (bicyclic) bond motifs is 1. The van der Waals surface area contributed by atoms with Crippen LogP contribution in [0.5, 0.6) is 0 Å². The van der Waals surface area contributed by atoms with Crippen LogP contribution in [-0.4, -0.2) is 29.9 Å². The van der Waals surface area contributed by atoms with Crippen LogP contribution in [0.4, 0.5) is 0 Å². The lowest BCUT2D eigenvalue weighted by molar-refractivity contribution is -0.155. The third-order valence-electron chi connectivity index (χ3n) is 6.10. The van der Waals surface area contributed by atoms with Gasteiger partial charge in [0.25, 0.3) is 0 Å². The molecule has 0 aromatic heterocycles. The Kier molecular flexibility index (Phi) is 7.46. The molecule has 0 unspecified atom stereocenters. The van der Waals surface area contributed by atoms with Gasteiger partial charge in [-0.25, -0.2) is 0 Å². The molecule has 6 atom stereocenters. The predicted octanol–water partition coefficient (Wildman–Crippen LogP) is 4.34. The summed E-state index contributed by atoms with van der Waals surface area (Å²) in [7, 11) is 0. The predicted molar refractivity (Wildman–Crippen MR) is 107 cm³/mol. The molecule has 2 rings (SSSR count). The van der Waals surface area contributed by atoms with E-state index < -0.39 is 6.10 Å². The fraction of sp³-hybridized carbons (Fsp3) is 0.783. The minimum atomic E-state index is -0.442. The molecule has 158 valence electrons. The van der Waals surface area contributed by atoms with E-state index in [-0.39, 0.29) is 53.4 Å². The topological polar surface area (TPSA) is 69.7 Å². The normalized spacial score (nSPS) is 31.1. The molecule has 2 aliphatic rings. The van der Waals surface area contributed by atoms with E-state index in [0.717, 1.165) is 12.0 Å². The average molecular weight is 393 g/mol. The van der Waals surface area contributed by atoms with Gasteiger partial charge in [0.05, 0.1) is 5.92 Å². The summed E-state index contributed by atoms with van der Waals surface area (Å²) in [6, 6.07) is 0.